The third-order valence-electron chi connectivity index (χ3n) is 3.85. The molecule has 0 aromatic heterocycles. The van der Waals surface area contributed by atoms with E-state index in [4.69, 9.17) is 0 Å². The maximum absolute atomic E-state index is 12.1. The Hall–Kier alpha value is -0.830. The maximum Gasteiger partial charge on any atom is 0.191 e. The lowest BCUT2D eigenvalue weighted by Gasteiger charge is -2.19. The van der Waals surface area contributed by atoms with Crippen LogP contribution in [0.3, 0.4) is 0 Å². The topological polar surface area (TPSA) is 70.6 Å². The van der Waals surface area contributed by atoms with Gasteiger partial charge in [-0.25, -0.2) is 13.4 Å². The van der Waals surface area contributed by atoms with Crippen LogP contribution in [-0.4, -0.2) is 38.0 Å². The van der Waals surface area contributed by atoms with Gasteiger partial charge in [-0.2, -0.15) is 0 Å². The zero-order valence-electron chi connectivity index (χ0n) is 16.1. The minimum atomic E-state index is -3.13. The smallest absolute Gasteiger partial charge is 0.191 e. The number of hydrogen-bond acceptors (Lipinski definition) is 3. The molecule has 0 bridgehead atoms. The summed E-state index contributed by atoms with van der Waals surface area (Å²) in [5, 5.41) is 6.26. The molecule has 144 valence electrons. The van der Waals surface area contributed by atoms with Crippen molar-refractivity contribution in [3.63, 3.8) is 0 Å². The number of nitrogens with one attached hydrogen (secondary N) is 2. The van der Waals surface area contributed by atoms with Crippen molar-refractivity contribution in [1.29, 1.82) is 0 Å². The van der Waals surface area contributed by atoms with Gasteiger partial charge in [-0.1, -0.05) is 23.8 Å². The number of aryl methyl sites for hydroxylation is 2. The number of hydrogen-bond donors (Lipinski definition) is 2. The van der Waals surface area contributed by atoms with Crippen LogP contribution in [0, 0.1) is 13.8 Å². The predicted octanol–water partition coefficient (Wildman–Crippen LogP) is 3.19. The number of halogens is 1. The fourth-order valence-electron chi connectivity index (χ4n) is 2.14. The second kappa shape index (κ2) is 10.4. The van der Waals surface area contributed by atoms with Gasteiger partial charge in [0.15, 0.2) is 15.8 Å². The molecule has 0 aliphatic carbocycles. The molecule has 7 heteroatoms. The molecule has 0 atom stereocenters. The monoisotopic (exact) mass is 481 g/mol. The summed E-state index contributed by atoms with van der Waals surface area (Å²) in [6, 6.07) is 6.30. The highest BCUT2D eigenvalue weighted by Crippen LogP contribution is 2.15. The van der Waals surface area contributed by atoms with Crippen LogP contribution in [0.15, 0.2) is 23.2 Å². The normalized spacial score (nSPS) is 12.5. The fraction of sp³-hybridized carbons (Fsp3) is 0.611. The molecule has 0 heterocycles. The summed E-state index contributed by atoms with van der Waals surface area (Å²) in [5.41, 5.74) is 3.61. The molecule has 0 saturated carbocycles. The maximum atomic E-state index is 12.1. The van der Waals surface area contributed by atoms with Gasteiger partial charge in [0.25, 0.3) is 0 Å². The van der Waals surface area contributed by atoms with E-state index in [2.05, 4.69) is 47.7 Å². The molecular formula is C18H32IN3O2S. The molecule has 0 fully saturated rings. The molecule has 1 rings (SSSR count). The van der Waals surface area contributed by atoms with Crippen LogP contribution in [0.1, 0.15) is 44.4 Å². The zero-order chi connectivity index (χ0) is 18.4. The van der Waals surface area contributed by atoms with Crippen LogP contribution in [0.25, 0.3) is 0 Å². The third-order valence-corrected chi connectivity index (χ3v) is 6.45. The second-order valence-electron chi connectivity index (χ2n) is 6.98. The number of benzene rings is 1. The van der Waals surface area contributed by atoms with Gasteiger partial charge in [0.05, 0.1) is 17.0 Å². The Bertz CT molecular complexity index is 680. The van der Waals surface area contributed by atoms with E-state index in [-0.39, 0.29) is 29.7 Å². The highest BCUT2D eigenvalue weighted by atomic mass is 127. The molecule has 1 aromatic rings. The fourth-order valence-corrected chi connectivity index (χ4v) is 3.12. The number of aliphatic imine (C=N–C) groups is 1. The highest BCUT2D eigenvalue weighted by Gasteiger charge is 2.28. The van der Waals surface area contributed by atoms with E-state index in [1.165, 1.54) is 16.7 Å². The van der Waals surface area contributed by atoms with Gasteiger partial charge in [0.2, 0.25) is 0 Å². The van der Waals surface area contributed by atoms with Crippen molar-refractivity contribution < 1.29 is 8.42 Å². The van der Waals surface area contributed by atoms with E-state index < -0.39 is 14.6 Å². The van der Waals surface area contributed by atoms with Crippen molar-refractivity contribution in [2.24, 2.45) is 4.99 Å². The Morgan fingerprint density at radius 2 is 1.80 bits per heavy atom. The predicted molar refractivity (Wildman–Crippen MR) is 118 cm³/mol. The average Bonchev–Trinajstić information content (AvgIpc) is 2.44. The number of sulfone groups is 1. The Morgan fingerprint density at radius 3 is 2.32 bits per heavy atom. The van der Waals surface area contributed by atoms with E-state index in [9.17, 15) is 8.42 Å². The minimum Gasteiger partial charge on any atom is -0.357 e. The summed E-state index contributed by atoms with van der Waals surface area (Å²) in [6.45, 7) is 12.9. The average molecular weight is 481 g/mol. The Morgan fingerprint density at radius 1 is 1.16 bits per heavy atom. The summed E-state index contributed by atoms with van der Waals surface area (Å²) in [7, 11) is -3.13. The summed E-state index contributed by atoms with van der Waals surface area (Å²) in [5.74, 6) is 0.728. The first-order chi connectivity index (χ1) is 11.1. The Balaban J connectivity index is 0.00000576. The standard InChI is InChI=1S/C18H31N3O2S.HI/c1-7-19-17(20-10-11-24(22,23)18(4,5)6)21-13-16-9-8-14(2)12-15(16)3;/h8-9,12H,7,10-11,13H2,1-6H3,(H2,19,20,21);1H. The number of rotatable bonds is 6. The van der Waals surface area contributed by atoms with Gasteiger partial charge in [-0.05, 0) is 52.7 Å². The molecule has 0 saturated heterocycles. The van der Waals surface area contributed by atoms with Crippen LogP contribution in [0.2, 0.25) is 0 Å². The van der Waals surface area contributed by atoms with E-state index in [1.807, 2.05) is 6.92 Å². The van der Waals surface area contributed by atoms with Crippen LogP contribution in [0.4, 0.5) is 0 Å². The van der Waals surface area contributed by atoms with Crippen molar-refractivity contribution in [2.75, 3.05) is 18.8 Å². The molecule has 1 aromatic carbocycles. The molecular weight excluding hydrogens is 449 g/mol. The van der Waals surface area contributed by atoms with Crippen molar-refractivity contribution in [3.8, 4) is 0 Å². The number of nitrogens with zero attached hydrogens (tertiary/aromatic N) is 1. The number of guanidine groups is 1. The molecule has 25 heavy (non-hydrogen) atoms. The van der Waals surface area contributed by atoms with Crippen molar-refractivity contribution in [3.05, 3.63) is 34.9 Å². The quantitative estimate of drug-likeness (QED) is 0.372. The minimum absolute atomic E-state index is 0. The molecule has 5 nitrogen and oxygen atoms in total. The van der Waals surface area contributed by atoms with E-state index in [0.717, 1.165) is 6.54 Å². The van der Waals surface area contributed by atoms with Gasteiger partial charge in [-0.15, -0.1) is 24.0 Å². The SMILES string of the molecule is CCNC(=NCc1ccc(C)cc1C)NCCS(=O)(=O)C(C)(C)C.I. The lowest BCUT2D eigenvalue weighted by atomic mass is 10.1. The Labute approximate surface area is 170 Å². The molecule has 0 unspecified atom stereocenters. The summed E-state index contributed by atoms with van der Waals surface area (Å²) >= 11 is 0. The first-order valence-corrected chi connectivity index (χ1v) is 10.0. The van der Waals surface area contributed by atoms with Crippen LogP contribution >= 0.6 is 24.0 Å². The van der Waals surface area contributed by atoms with Gasteiger partial charge in [-0.3, -0.25) is 0 Å². The highest BCUT2D eigenvalue weighted by molar-refractivity contribution is 14.0. The molecule has 0 radical (unpaired) electrons. The third kappa shape index (κ3) is 7.94. The van der Waals surface area contributed by atoms with E-state index >= 15 is 0 Å². The van der Waals surface area contributed by atoms with Crippen LogP contribution in [-0.2, 0) is 16.4 Å². The van der Waals surface area contributed by atoms with Crippen molar-refractivity contribution in [2.45, 2.75) is 52.8 Å². The van der Waals surface area contributed by atoms with Crippen molar-refractivity contribution >= 4 is 39.8 Å². The van der Waals surface area contributed by atoms with Crippen LogP contribution < -0.4 is 10.6 Å². The van der Waals surface area contributed by atoms with Gasteiger partial charge >= 0.3 is 0 Å². The lowest BCUT2D eigenvalue weighted by molar-refractivity contribution is 0.559. The van der Waals surface area contributed by atoms with Crippen molar-refractivity contribution in [1.82, 2.24) is 10.6 Å². The summed E-state index contributed by atoms with van der Waals surface area (Å²) in [4.78, 5) is 4.56. The van der Waals surface area contributed by atoms with Gasteiger partial charge in [0.1, 0.15) is 0 Å². The summed E-state index contributed by atoms with van der Waals surface area (Å²) < 4.78 is 23.6. The lowest BCUT2D eigenvalue weighted by Crippen LogP contribution is -2.41. The Kier molecular flexibility index (Phi) is 10.0. The first kappa shape index (κ1) is 24.2. The molecule has 0 amide bonds. The molecule has 0 spiro atoms. The first-order valence-electron chi connectivity index (χ1n) is 8.37. The van der Waals surface area contributed by atoms with Crippen LogP contribution in [0.5, 0.6) is 0 Å². The largest absolute Gasteiger partial charge is 0.357 e. The summed E-state index contributed by atoms with van der Waals surface area (Å²) in [6.07, 6.45) is 0. The molecule has 0 aliphatic heterocycles. The van der Waals surface area contributed by atoms with E-state index in [0.29, 0.717) is 19.0 Å². The van der Waals surface area contributed by atoms with E-state index in [1.54, 1.807) is 20.8 Å². The second-order valence-corrected chi connectivity index (χ2v) is 9.85. The molecule has 2 N–H and O–H groups in total. The molecule has 0 aliphatic rings. The van der Waals surface area contributed by atoms with Gasteiger partial charge < -0.3 is 10.6 Å². The van der Waals surface area contributed by atoms with Gasteiger partial charge in [0, 0.05) is 13.1 Å². The zero-order valence-corrected chi connectivity index (χ0v) is 19.3.